The van der Waals surface area contributed by atoms with Gasteiger partial charge in [-0.2, -0.15) is 0 Å². The zero-order valence-electron chi connectivity index (χ0n) is 21.1. The summed E-state index contributed by atoms with van der Waals surface area (Å²) in [6.07, 6.45) is 12.6. The molecule has 0 bridgehead atoms. The van der Waals surface area contributed by atoms with E-state index in [-0.39, 0.29) is 15.8 Å². The molecule has 8 heteroatoms. The highest BCUT2D eigenvalue weighted by Crippen LogP contribution is 2.38. The van der Waals surface area contributed by atoms with Crippen molar-refractivity contribution in [1.29, 1.82) is 0 Å². The second-order valence-electron chi connectivity index (χ2n) is 7.90. The molecule has 0 aliphatic heterocycles. The predicted octanol–water partition coefficient (Wildman–Crippen LogP) is 4.04. The fourth-order valence-corrected chi connectivity index (χ4v) is 8.30. The number of hydrogen-bond donors (Lipinski definition) is 0. The van der Waals surface area contributed by atoms with E-state index in [2.05, 4.69) is 4.90 Å². The fraction of sp³-hybridized carbons (Fsp3) is 1.00. The highest BCUT2D eigenvalue weighted by Gasteiger charge is 2.14. The molecule has 188 valence electrons. The lowest BCUT2D eigenvalue weighted by molar-refractivity contribution is 0.155. The maximum Gasteiger partial charge on any atom is 0.0589 e. The highest BCUT2D eigenvalue weighted by atomic mass is 31.1. The number of ether oxygens (including phenoxy) is 5. The summed E-state index contributed by atoms with van der Waals surface area (Å²) in [5, 5.41) is 0. The first-order chi connectivity index (χ1) is 15.2. The van der Waals surface area contributed by atoms with Gasteiger partial charge in [0.1, 0.15) is 0 Å². The van der Waals surface area contributed by atoms with Gasteiger partial charge in [-0.25, -0.2) is 0 Å². The van der Waals surface area contributed by atoms with Crippen LogP contribution in [-0.4, -0.2) is 130 Å². The molecule has 0 saturated carbocycles. The first kappa shape index (κ1) is 31.6. The Morgan fingerprint density at radius 1 is 0.419 bits per heavy atom. The van der Waals surface area contributed by atoms with Crippen LogP contribution in [0.4, 0.5) is 0 Å². The lowest BCUT2D eigenvalue weighted by Gasteiger charge is -2.27. The third-order valence-electron chi connectivity index (χ3n) is 5.37. The normalized spacial score (nSPS) is 12.0. The van der Waals surface area contributed by atoms with Gasteiger partial charge in [0.05, 0.1) is 6.61 Å². The molecule has 0 aliphatic carbocycles. The van der Waals surface area contributed by atoms with Crippen molar-refractivity contribution >= 4 is 15.8 Å². The SMILES string of the molecule is COCCCP(CCCOC)CCN(CCOC)CCP(CCCOC)CCCOC. The number of methoxy groups -OCH3 is 5. The molecule has 0 heterocycles. The maximum absolute atomic E-state index is 5.41. The minimum absolute atomic E-state index is 0.0490. The molecule has 31 heavy (non-hydrogen) atoms. The largest absolute Gasteiger partial charge is 0.385 e. The van der Waals surface area contributed by atoms with Crippen LogP contribution in [0, 0.1) is 0 Å². The Hall–Kier alpha value is 0.620. The van der Waals surface area contributed by atoms with Crippen LogP contribution in [0.25, 0.3) is 0 Å². The molecule has 0 aromatic carbocycles. The minimum Gasteiger partial charge on any atom is -0.385 e. The van der Waals surface area contributed by atoms with Crippen molar-refractivity contribution < 1.29 is 23.7 Å². The van der Waals surface area contributed by atoms with Gasteiger partial charge in [0.15, 0.2) is 0 Å². The molecule has 0 N–H and O–H groups in total. The summed E-state index contributed by atoms with van der Waals surface area (Å²) in [7, 11) is 9.12. The smallest absolute Gasteiger partial charge is 0.0589 e. The van der Waals surface area contributed by atoms with Crippen molar-refractivity contribution in [2.24, 2.45) is 0 Å². The highest BCUT2D eigenvalue weighted by molar-refractivity contribution is 7.57. The van der Waals surface area contributed by atoms with Gasteiger partial charge in [0.25, 0.3) is 0 Å². The van der Waals surface area contributed by atoms with Crippen LogP contribution in [0.5, 0.6) is 0 Å². The molecule has 0 saturated heterocycles. The van der Waals surface area contributed by atoms with Gasteiger partial charge < -0.3 is 28.6 Å². The van der Waals surface area contributed by atoms with Gasteiger partial charge in [-0.1, -0.05) is 0 Å². The van der Waals surface area contributed by atoms with Crippen molar-refractivity contribution in [3.63, 3.8) is 0 Å². The van der Waals surface area contributed by atoms with Crippen molar-refractivity contribution in [3.05, 3.63) is 0 Å². The molecule has 0 fully saturated rings. The van der Waals surface area contributed by atoms with Gasteiger partial charge in [-0.15, -0.1) is 15.8 Å². The summed E-state index contributed by atoms with van der Waals surface area (Å²) >= 11 is 0. The number of nitrogens with zero attached hydrogens (tertiary/aromatic N) is 1. The zero-order chi connectivity index (χ0) is 23.0. The predicted molar refractivity (Wildman–Crippen MR) is 137 cm³/mol. The Kier molecular flexibility index (Phi) is 25.8. The summed E-state index contributed by atoms with van der Waals surface area (Å²) in [5.41, 5.74) is 0. The quantitative estimate of drug-likeness (QED) is 0.144. The number of rotatable bonds is 25. The Morgan fingerprint density at radius 3 is 1.03 bits per heavy atom. The topological polar surface area (TPSA) is 49.4 Å². The minimum atomic E-state index is 0.0490. The molecule has 0 aliphatic rings. The van der Waals surface area contributed by atoms with Gasteiger partial charge in [-0.3, -0.25) is 0 Å². The first-order valence-electron chi connectivity index (χ1n) is 11.8. The van der Waals surface area contributed by atoms with E-state index < -0.39 is 0 Å². The molecule has 0 radical (unpaired) electrons. The van der Waals surface area contributed by atoms with Crippen molar-refractivity contribution in [2.45, 2.75) is 25.7 Å². The summed E-state index contributed by atoms with van der Waals surface area (Å²) in [4.78, 5) is 2.65. The zero-order valence-corrected chi connectivity index (χ0v) is 22.9. The summed E-state index contributed by atoms with van der Waals surface area (Å²) in [6, 6.07) is 0. The van der Waals surface area contributed by atoms with Crippen LogP contribution in [-0.2, 0) is 23.7 Å². The van der Waals surface area contributed by atoms with E-state index in [1.807, 2.05) is 7.11 Å². The second-order valence-corrected chi connectivity index (χ2v) is 13.3. The van der Waals surface area contributed by atoms with Gasteiger partial charge in [0.2, 0.25) is 0 Å². The third-order valence-corrected chi connectivity index (χ3v) is 10.8. The van der Waals surface area contributed by atoms with E-state index in [1.54, 1.807) is 28.4 Å². The van der Waals surface area contributed by atoms with E-state index >= 15 is 0 Å². The van der Waals surface area contributed by atoms with E-state index in [9.17, 15) is 0 Å². The Balaban J connectivity index is 4.62. The first-order valence-corrected chi connectivity index (χ1v) is 15.6. The average Bonchev–Trinajstić information content (AvgIpc) is 2.78. The molecule has 0 rings (SSSR count). The second kappa shape index (κ2) is 25.2. The summed E-state index contributed by atoms with van der Waals surface area (Å²) in [6.45, 7) is 7.75. The van der Waals surface area contributed by atoms with Crippen molar-refractivity contribution in [3.8, 4) is 0 Å². The van der Waals surface area contributed by atoms with Crippen LogP contribution in [0.15, 0.2) is 0 Å². The van der Waals surface area contributed by atoms with Crippen LogP contribution < -0.4 is 0 Å². The van der Waals surface area contributed by atoms with Crippen molar-refractivity contribution in [1.82, 2.24) is 4.90 Å². The van der Waals surface area contributed by atoms with Crippen LogP contribution >= 0.6 is 15.8 Å². The van der Waals surface area contributed by atoms with Gasteiger partial charge >= 0.3 is 0 Å². The Bertz CT molecular complexity index is 308. The average molecular weight is 484 g/mol. The molecule has 0 spiro atoms. The molecular formula is C23H51NO5P2. The maximum atomic E-state index is 5.41. The summed E-state index contributed by atoms with van der Waals surface area (Å²) in [5.74, 6) is 0. The molecule has 6 nitrogen and oxygen atoms in total. The van der Waals surface area contributed by atoms with E-state index in [4.69, 9.17) is 23.7 Å². The number of hydrogen-bond acceptors (Lipinski definition) is 6. The van der Waals surface area contributed by atoms with E-state index in [1.165, 1.54) is 75.7 Å². The van der Waals surface area contributed by atoms with Crippen LogP contribution in [0.2, 0.25) is 0 Å². The van der Waals surface area contributed by atoms with Crippen LogP contribution in [0.3, 0.4) is 0 Å². The van der Waals surface area contributed by atoms with Crippen LogP contribution in [0.1, 0.15) is 25.7 Å². The van der Waals surface area contributed by atoms with E-state index in [0.717, 1.165) is 39.6 Å². The molecule has 0 aromatic rings. The molecule has 0 amide bonds. The lowest BCUT2D eigenvalue weighted by atomic mass is 10.5. The van der Waals surface area contributed by atoms with E-state index in [0.29, 0.717) is 0 Å². The molecule has 0 unspecified atom stereocenters. The Morgan fingerprint density at radius 2 is 0.742 bits per heavy atom. The monoisotopic (exact) mass is 483 g/mol. The lowest BCUT2D eigenvalue weighted by Crippen LogP contribution is -2.33. The fourth-order valence-electron chi connectivity index (χ4n) is 3.52. The molecule has 0 atom stereocenters. The molecule has 0 aromatic heterocycles. The standard InChI is InChI=1S/C23H51NO5P2/c1-25-13-6-18-30(19-7-14-26-2)22-11-24(10-17-29-5)12-23-31(20-8-15-27-3)21-9-16-28-4/h6-23H2,1-5H3. The molecular weight excluding hydrogens is 432 g/mol. The van der Waals surface area contributed by atoms with Gasteiger partial charge in [0, 0.05) is 81.6 Å². The Labute approximate surface area is 195 Å². The third kappa shape index (κ3) is 20.9. The summed E-state index contributed by atoms with van der Waals surface area (Å²) < 4.78 is 26.5. The van der Waals surface area contributed by atoms with Crippen molar-refractivity contribution in [2.75, 3.05) is 125 Å². The van der Waals surface area contributed by atoms with Gasteiger partial charge in [-0.05, 0) is 62.7 Å².